The molecule has 10 aliphatic carbocycles. The monoisotopic (exact) mass is 1090 g/mol. The SMILES string of the molecule is CCC(C)(C(=O)OC12CCCCC1OC(=O)C2)C(F)(F)F.CCC(C)(C)C(=O)OC1(CC)CC2CC1C1C3CCC(C3)C21.CCC(C)(C)C(=O)OC12CC3CC(CC(O)(C3)C1)C2.CCC1(OC(=O)C(C)(C)CC)CCCC1. The second kappa shape index (κ2) is 22.5. The van der Waals surface area contributed by atoms with Crippen LogP contribution in [0.1, 0.15) is 257 Å². The molecule has 1 aliphatic heterocycles. The van der Waals surface area contributed by atoms with E-state index in [2.05, 4.69) is 20.8 Å². The summed E-state index contributed by atoms with van der Waals surface area (Å²) in [6, 6.07) is 0. The molecule has 11 nitrogen and oxygen atoms in total. The zero-order valence-electron chi connectivity index (χ0n) is 49.7. The van der Waals surface area contributed by atoms with E-state index < -0.39 is 52.7 Å². The van der Waals surface area contributed by atoms with Gasteiger partial charge in [0, 0.05) is 12.3 Å². The molecule has 1 heterocycles. The molecule has 1 saturated heterocycles. The van der Waals surface area contributed by atoms with Crippen molar-refractivity contribution in [3.8, 4) is 0 Å². The van der Waals surface area contributed by atoms with Gasteiger partial charge in [-0.3, -0.25) is 24.0 Å². The number of hydrogen-bond donors (Lipinski definition) is 1. The highest BCUT2D eigenvalue weighted by Crippen LogP contribution is 2.71. The van der Waals surface area contributed by atoms with Gasteiger partial charge in [0.2, 0.25) is 0 Å². The Kier molecular flexibility index (Phi) is 18.0. The number of hydrogen-bond acceptors (Lipinski definition) is 11. The summed E-state index contributed by atoms with van der Waals surface area (Å²) in [5, 5.41) is 10.6. The normalized spacial score (nSPS) is 37.6. The predicted octanol–water partition coefficient (Wildman–Crippen LogP) is 14.7. The summed E-state index contributed by atoms with van der Waals surface area (Å²) in [6.07, 6.45) is 18.1. The maximum atomic E-state index is 13.1. The van der Waals surface area contributed by atoms with Crippen molar-refractivity contribution in [2.24, 2.45) is 69.0 Å². The number of esters is 5. The maximum Gasteiger partial charge on any atom is 0.404 e. The summed E-state index contributed by atoms with van der Waals surface area (Å²) in [5.41, 5.74) is -6.02. The van der Waals surface area contributed by atoms with Crippen LogP contribution in [0, 0.1) is 69.0 Å². The van der Waals surface area contributed by atoms with Crippen LogP contribution in [0.2, 0.25) is 0 Å². The van der Waals surface area contributed by atoms with E-state index in [1.807, 2.05) is 55.4 Å². The van der Waals surface area contributed by atoms with Gasteiger partial charge in [0.1, 0.15) is 22.9 Å². The van der Waals surface area contributed by atoms with Crippen LogP contribution in [0.25, 0.3) is 0 Å². The Bertz CT molecular complexity index is 2130. The molecule has 77 heavy (non-hydrogen) atoms. The molecule has 8 bridgehead atoms. The fourth-order valence-corrected chi connectivity index (χ4v) is 16.4. The van der Waals surface area contributed by atoms with Gasteiger partial charge in [0.25, 0.3) is 0 Å². The van der Waals surface area contributed by atoms with E-state index in [1.54, 1.807) is 0 Å². The van der Waals surface area contributed by atoms with Crippen LogP contribution in [0.3, 0.4) is 0 Å². The van der Waals surface area contributed by atoms with Crippen molar-refractivity contribution in [3.05, 3.63) is 0 Å². The standard InChI is InChI=1S/C20H32O2.C16H26O3.C14H19F3O4.C13H24O2/c1-5-19(3,4)18(21)22-20(6-2)11-14-10-15(20)17-13-8-7-12(9-13)16(14)17;1-4-14(2,3)13(17)19-16-8-11-5-12(9-16)7-15(18,6-11)10-16;1-3-12(2,14(15,16)17)11(19)21-13-7-5-4-6-9(13)20-10(18)8-13;1-5-12(3,4)11(14)15-13(6-2)9-7-8-10-13/h12-17H,5-11H2,1-4H3;11-12,18H,4-10H2,1-3H3;9H,3-8H2,1-2H3;5-10H2,1-4H3. The Balaban J connectivity index is 0.000000151. The van der Waals surface area contributed by atoms with E-state index in [0.717, 1.165) is 120 Å². The quantitative estimate of drug-likeness (QED) is 0.101. The Labute approximate surface area is 460 Å². The third-order valence-corrected chi connectivity index (χ3v) is 22.6. The van der Waals surface area contributed by atoms with E-state index >= 15 is 0 Å². The van der Waals surface area contributed by atoms with Gasteiger partial charge in [-0.05, 0) is 244 Å². The third-order valence-electron chi connectivity index (χ3n) is 22.6. The molecule has 0 aromatic heterocycles. The lowest BCUT2D eigenvalue weighted by Crippen LogP contribution is -2.61. The molecule has 12 unspecified atom stereocenters. The van der Waals surface area contributed by atoms with Crippen molar-refractivity contribution < 1.29 is 65.9 Å². The molecule has 0 radical (unpaired) electrons. The lowest BCUT2D eigenvalue weighted by Gasteiger charge is -2.59. The average molecular weight is 1090 g/mol. The summed E-state index contributed by atoms with van der Waals surface area (Å²) in [7, 11) is 0. The van der Waals surface area contributed by atoms with E-state index in [-0.39, 0.29) is 52.0 Å². The number of alkyl halides is 3. The van der Waals surface area contributed by atoms with Gasteiger partial charge in [-0.1, -0.05) is 41.5 Å². The molecule has 11 rings (SSSR count). The molecule has 1 N–H and O–H groups in total. The van der Waals surface area contributed by atoms with Crippen molar-refractivity contribution in [2.45, 2.75) is 297 Å². The molecule has 10 saturated carbocycles. The van der Waals surface area contributed by atoms with Crippen molar-refractivity contribution in [1.29, 1.82) is 0 Å². The van der Waals surface area contributed by atoms with E-state index in [1.165, 1.54) is 51.9 Å². The van der Waals surface area contributed by atoms with Crippen molar-refractivity contribution >= 4 is 29.8 Å². The van der Waals surface area contributed by atoms with Gasteiger partial charge in [-0.25, -0.2) is 0 Å². The van der Waals surface area contributed by atoms with Gasteiger partial charge in [-0.15, -0.1) is 0 Å². The van der Waals surface area contributed by atoms with Crippen molar-refractivity contribution in [1.82, 2.24) is 0 Å². The topological polar surface area (TPSA) is 152 Å². The van der Waals surface area contributed by atoms with Crippen LogP contribution in [-0.4, -0.2) is 75.2 Å². The van der Waals surface area contributed by atoms with E-state index in [0.29, 0.717) is 43.4 Å². The zero-order chi connectivity index (χ0) is 57.0. The first kappa shape index (κ1) is 61.7. The smallest absolute Gasteiger partial charge is 0.404 e. The van der Waals surface area contributed by atoms with Gasteiger partial charge in [-0.2, -0.15) is 13.2 Å². The van der Waals surface area contributed by atoms with Gasteiger partial charge in [0.15, 0.2) is 11.0 Å². The summed E-state index contributed by atoms with van der Waals surface area (Å²) < 4.78 is 67.8. The first-order valence-electron chi connectivity index (χ1n) is 30.7. The second-order valence-corrected chi connectivity index (χ2v) is 28.7. The first-order chi connectivity index (χ1) is 35.8. The first-order valence-corrected chi connectivity index (χ1v) is 30.7. The average Bonchev–Trinajstić information content (AvgIpc) is 4.30. The Morgan fingerprint density at radius 2 is 1.12 bits per heavy atom. The minimum Gasteiger partial charge on any atom is -0.459 e. The molecule has 0 aromatic rings. The highest BCUT2D eigenvalue weighted by molar-refractivity contribution is 5.80. The van der Waals surface area contributed by atoms with Gasteiger partial charge >= 0.3 is 36.0 Å². The van der Waals surface area contributed by atoms with Crippen LogP contribution < -0.4 is 0 Å². The Hall–Kier alpha value is -2.90. The summed E-state index contributed by atoms with van der Waals surface area (Å²) in [4.78, 5) is 60.7. The second-order valence-electron chi connectivity index (χ2n) is 28.7. The lowest BCUT2D eigenvalue weighted by molar-refractivity contribution is -0.242. The molecule has 11 fully saturated rings. The Morgan fingerprint density at radius 3 is 1.62 bits per heavy atom. The van der Waals surface area contributed by atoms with Gasteiger partial charge in [0.05, 0.1) is 28.3 Å². The Morgan fingerprint density at radius 1 is 0.584 bits per heavy atom. The number of aliphatic hydroxyl groups is 1. The molecule has 0 aromatic carbocycles. The number of rotatable bonds is 14. The van der Waals surface area contributed by atoms with Crippen LogP contribution >= 0.6 is 0 Å². The van der Waals surface area contributed by atoms with E-state index in [9.17, 15) is 42.3 Å². The molecule has 0 amide bonds. The van der Waals surface area contributed by atoms with Crippen molar-refractivity contribution in [3.63, 3.8) is 0 Å². The van der Waals surface area contributed by atoms with Crippen LogP contribution in [0.15, 0.2) is 0 Å². The molecule has 440 valence electrons. The van der Waals surface area contributed by atoms with E-state index in [4.69, 9.17) is 23.7 Å². The fourth-order valence-electron chi connectivity index (χ4n) is 16.4. The molecule has 11 aliphatic rings. The molecular formula is C63H101F3O11. The third kappa shape index (κ3) is 12.2. The fraction of sp³-hybridized carbons (Fsp3) is 0.921. The molecule has 14 heteroatoms. The van der Waals surface area contributed by atoms with Gasteiger partial charge < -0.3 is 28.8 Å². The zero-order valence-corrected chi connectivity index (χ0v) is 49.7. The van der Waals surface area contributed by atoms with Crippen LogP contribution in [0.5, 0.6) is 0 Å². The molecule has 12 atom stereocenters. The highest BCUT2D eigenvalue weighted by atomic mass is 19.4. The summed E-state index contributed by atoms with van der Waals surface area (Å²) in [5.74, 6) is 4.59. The molecular weight excluding hydrogens is 990 g/mol. The lowest BCUT2D eigenvalue weighted by atomic mass is 9.52. The number of ether oxygens (including phenoxy) is 5. The van der Waals surface area contributed by atoms with Crippen LogP contribution in [0.4, 0.5) is 13.2 Å². The number of halogens is 3. The minimum atomic E-state index is -4.69. The highest BCUT2D eigenvalue weighted by Gasteiger charge is 2.68. The largest absolute Gasteiger partial charge is 0.459 e. The molecule has 0 spiro atoms. The predicted molar refractivity (Wildman–Crippen MR) is 288 cm³/mol. The van der Waals surface area contributed by atoms with Crippen molar-refractivity contribution in [2.75, 3.05) is 0 Å². The summed E-state index contributed by atoms with van der Waals surface area (Å²) in [6.45, 7) is 24.5. The number of carbonyl (C=O) groups is 5. The number of fused-ring (bicyclic) bond motifs is 10. The number of carbonyl (C=O) groups excluding carboxylic acids is 5. The summed E-state index contributed by atoms with van der Waals surface area (Å²) >= 11 is 0. The minimum absolute atomic E-state index is 0.0197. The maximum absolute atomic E-state index is 13.1. The van der Waals surface area contributed by atoms with Crippen LogP contribution in [-0.2, 0) is 47.7 Å².